The van der Waals surface area contributed by atoms with Crippen molar-refractivity contribution in [1.29, 1.82) is 0 Å². The van der Waals surface area contributed by atoms with E-state index in [9.17, 15) is 0 Å². The molecule has 0 saturated heterocycles. The van der Waals surface area contributed by atoms with Gasteiger partial charge >= 0.3 is 0 Å². The van der Waals surface area contributed by atoms with Crippen LogP contribution in [0.2, 0.25) is 0 Å². The van der Waals surface area contributed by atoms with E-state index in [4.69, 9.17) is 4.74 Å². The largest absolute Gasteiger partial charge is 0.457 e. The Bertz CT molecular complexity index is 326. The maximum absolute atomic E-state index is 5.53. The summed E-state index contributed by atoms with van der Waals surface area (Å²) in [6, 6.07) is 11.7. The highest BCUT2D eigenvalue weighted by Gasteiger charge is 1.93. The first-order valence-electron chi connectivity index (χ1n) is 4.70. The van der Waals surface area contributed by atoms with Crippen LogP contribution in [0.3, 0.4) is 0 Å². The van der Waals surface area contributed by atoms with Crippen LogP contribution in [0.25, 0.3) is 0 Å². The molecule has 0 N–H and O–H groups in total. The van der Waals surface area contributed by atoms with E-state index in [0.29, 0.717) is 0 Å². The maximum Gasteiger partial charge on any atom is 0.138 e. The summed E-state index contributed by atoms with van der Waals surface area (Å²) < 4.78 is 5.53. The van der Waals surface area contributed by atoms with E-state index in [1.807, 2.05) is 61.0 Å². The zero-order valence-corrected chi connectivity index (χ0v) is 9.25. The molecule has 0 unspecified atom stereocenters. The molecule has 0 amide bonds. The van der Waals surface area contributed by atoms with Crippen LogP contribution in [0.4, 0.5) is 0 Å². The van der Waals surface area contributed by atoms with Crippen LogP contribution in [-0.4, -0.2) is 0 Å². The number of para-hydroxylation sites is 1. The predicted molar refractivity (Wildman–Crippen MR) is 62.2 cm³/mol. The summed E-state index contributed by atoms with van der Waals surface area (Å²) in [5, 5.41) is 3.98. The van der Waals surface area contributed by atoms with Gasteiger partial charge < -0.3 is 4.74 Å². The van der Waals surface area contributed by atoms with Gasteiger partial charge in [0.25, 0.3) is 0 Å². The molecule has 0 spiro atoms. The van der Waals surface area contributed by atoms with Crippen molar-refractivity contribution in [2.75, 3.05) is 0 Å². The normalized spacial score (nSPS) is 8.71. The molecule has 1 nitrogen and oxygen atoms in total. The minimum Gasteiger partial charge on any atom is -0.457 e. The highest BCUT2D eigenvalue weighted by Crippen LogP contribution is 2.22. The van der Waals surface area contributed by atoms with Crippen molar-refractivity contribution >= 4 is 11.3 Å². The molecule has 0 aliphatic heterocycles. The van der Waals surface area contributed by atoms with Crippen molar-refractivity contribution in [2.45, 2.75) is 13.8 Å². The molecule has 2 aromatic rings. The van der Waals surface area contributed by atoms with Crippen LogP contribution < -0.4 is 4.74 Å². The molecule has 2 rings (SSSR count). The topological polar surface area (TPSA) is 9.23 Å². The summed E-state index contributed by atoms with van der Waals surface area (Å²) in [6.45, 7) is 4.00. The monoisotopic (exact) mass is 206 g/mol. The Hall–Kier alpha value is -1.28. The third-order valence-electron chi connectivity index (χ3n) is 1.47. The van der Waals surface area contributed by atoms with Crippen LogP contribution in [0.5, 0.6) is 11.5 Å². The summed E-state index contributed by atoms with van der Waals surface area (Å²) in [5.41, 5.74) is 0. The van der Waals surface area contributed by atoms with Gasteiger partial charge in [-0.25, -0.2) is 0 Å². The summed E-state index contributed by atoms with van der Waals surface area (Å²) in [7, 11) is 0. The molecular weight excluding hydrogens is 192 g/mol. The average Bonchev–Trinajstić information content (AvgIpc) is 2.75. The lowest BCUT2D eigenvalue weighted by molar-refractivity contribution is 0.485. The number of rotatable bonds is 2. The number of hydrogen-bond donors (Lipinski definition) is 0. The van der Waals surface area contributed by atoms with Crippen molar-refractivity contribution in [2.24, 2.45) is 0 Å². The molecule has 0 fully saturated rings. The van der Waals surface area contributed by atoms with Crippen molar-refractivity contribution in [1.82, 2.24) is 0 Å². The van der Waals surface area contributed by atoms with Crippen molar-refractivity contribution in [3.05, 3.63) is 47.2 Å². The van der Waals surface area contributed by atoms with E-state index in [1.165, 1.54) is 0 Å². The van der Waals surface area contributed by atoms with Gasteiger partial charge in [0.05, 0.1) is 0 Å². The SMILES string of the molecule is CC.c1ccc(Oc2ccsc2)cc1. The Balaban J connectivity index is 0.000000461. The molecule has 0 bridgehead atoms. The molecule has 0 saturated carbocycles. The fraction of sp³-hybridized carbons (Fsp3) is 0.167. The molecule has 0 aliphatic carbocycles. The first-order valence-corrected chi connectivity index (χ1v) is 5.64. The summed E-state index contributed by atoms with van der Waals surface area (Å²) in [6.07, 6.45) is 0. The molecule has 1 aromatic heterocycles. The number of thiophene rings is 1. The number of hydrogen-bond acceptors (Lipinski definition) is 2. The molecule has 0 aliphatic rings. The Morgan fingerprint density at radius 1 is 0.929 bits per heavy atom. The molecule has 1 aromatic carbocycles. The average molecular weight is 206 g/mol. The second-order valence-corrected chi connectivity index (χ2v) is 3.15. The molecule has 0 atom stereocenters. The Morgan fingerprint density at radius 3 is 2.21 bits per heavy atom. The van der Waals surface area contributed by atoms with Gasteiger partial charge in [0.2, 0.25) is 0 Å². The van der Waals surface area contributed by atoms with Crippen LogP contribution in [0.15, 0.2) is 47.2 Å². The fourth-order valence-corrected chi connectivity index (χ4v) is 1.49. The molecule has 14 heavy (non-hydrogen) atoms. The van der Waals surface area contributed by atoms with Crippen LogP contribution in [-0.2, 0) is 0 Å². The molecule has 2 heteroatoms. The lowest BCUT2D eigenvalue weighted by atomic mass is 10.3. The van der Waals surface area contributed by atoms with E-state index >= 15 is 0 Å². The van der Waals surface area contributed by atoms with Crippen LogP contribution in [0.1, 0.15) is 13.8 Å². The van der Waals surface area contributed by atoms with Crippen molar-refractivity contribution in [3.63, 3.8) is 0 Å². The zero-order valence-electron chi connectivity index (χ0n) is 8.44. The van der Waals surface area contributed by atoms with Gasteiger partial charge in [-0.3, -0.25) is 0 Å². The van der Waals surface area contributed by atoms with Crippen LogP contribution in [0, 0.1) is 0 Å². The van der Waals surface area contributed by atoms with Gasteiger partial charge in [-0.15, -0.1) is 11.3 Å². The first kappa shape index (κ1) is 10.8. The number of benzene rings is 1. The van der Waals surface area contributed by atoms with E-state index in [-0.39, 0.29) is 0 Å². The summed E-state index contributed by atoms with van der Waals surface area (Å²) in [4.78, 5) is 0. The summed E-state index contributed by atoms with van der Waals surface area (Å²) in [5.74, 6) is 1.79. The molecule has 74 valence electrons. The van der Waals surface area contributed by atoms with Crippen molar-refractivity contribution in [3.8, 4) is 11.5 Å². The lowest BCUT2D eigenvalue weighted by Crippen LogP contribution is -1.78. The molecule has 0 radical (unpaired) electrons. The van der Waals surface area contributed by atoms with E-state index in [0.717, 1.165) is 11.5 Å². The van der Waals surface area contributed by atoms with Gasteiger partial charge in [0.1, 0.15) is 11.5 Å². The van der Waals surface area contributed by atoms with Crippen molar-refractivity contribution < 1.29 is 4.74 Å². The smallest absolute Gasteiger partial charge is 0.138 e. The van der Waals surface area contributed by atoms with E-state index in [1.54, 1.807) is 11.3 Å². The van der Waals surface area contributed by atoms with E-state index < -0.39 is 0 Å². The zero-order chi connectivity index (χ0) is 10.2. The van der Waals surface area contributed by atoms with Gasteiger partial charge in [0.15, 0.2) is 0 Å². The second-order valence-electron chi connectivity index (χ2n) is 2.37. The van der Waals surface area contributed by atoms with Gasteiger partial charge in [-0.1, -0.05) is 32.0 Å². The fourth-order valence-electron chi connectivity index (χ4n) is 0.935. The van der Waals surface area contributed by atoms with Gasteiger partial charge in [-0.05, 0) is 23.6 Å². The van der Waals surface area contributed by atoms with Gasteiger partial charge in [-0.2, -0.15) is 0 Å². The van der Waals surface area contributed by atoms with Gasteiger partial charge in [0, 0.05) is 5.38 Å². The number of ether oxygens (including phenoxy) is 1. The maximum atomic E-state index is 5.53. The predicted octanol–water partition coefficient (Wildman–Crippen LogP) is 4.57. The van der Waals surface area contributed by atoms with Crippen LogP contribution >= 0.6 is 11.3 Å². The quantitative estimate of drug-likeness (QED) is 0.699. The third kappa shape index (κ3) is 3.23. The third-order valence-corrected chi connectivity index (χ3v) is 2.14. The first-order chi connectivity index (χ1) is 6.95. The Kier molecular flexibility index (Phi) is 4.79. The highest BCUT2D eigenvalue weighted by atomic mass is 32.1. The molecular formula is C12H14OS. The highest BCUT2D eigenvalue weighted by molar-refractivity contribution is 7.08. The lowest BCUT2D eigenvalue weighted by Gasteiger charge is -2.00. The van der Waals surface area contributed by atoms with E-state index in [2.05, 4.69) is 0 Å². The Morgan fingerprint density at radius 2 is 1.64 bits per heavy atom. The molecule has 1 heterocycles. The standard InChI is InChI=1S/C10H8OS.C2H6/c1-2-4-9(5-3-1)11-10-6-7-12-8-10;1-2/h1-8H;1-2H3. The minimum atomic E-state index is 0.885. The second kappa shape index (κ2) is 6.22. The Labute approximate surface area is 89.0 Å². The summed E-state index contributed by atoms with van der Waals surface area (Å²) >= 11 is 1.63. The minimum absolute atomic E-state index is 0.885.